The van der Waals surface area contributed by atoms with Crippen LogP contribution in [0.1, 0.15) is 21.5 Å². The molecule has 2 aromatic rings. The number of aryl methyl sites for hydroxylation is 1. The van der Waals surface area contributed by atoms with Gasteiger partial charge in [-0.3, -0.25) is 9.36 Å². The van der Waals surface area contributed by atoms with Gasteiger partial charge >= 0.3 is 5.97 Å². The molecule has 0 saturated carbocycles. The normalized spacial score (nSPS) is 11.4. The van der Waals surface area contributed by atoms with Crippen molar-refractivity contribution < 1.29 is 18.3 Å². The fourth-order valence-electron chi connectivity index (χ4n) is 2.15. The van der Waals surface area contributed by atoms with Crippen molar-refractivity contribution >= 4 is 15.8 Å². The molecule has 2 rings (SSSR count). The molecule has 0 unspecified atom stereocenters. The zero-order chi connectivity index (χ0) is 16.5. The number of aromatic carboxylic acids is 1. The lowest BCUT2D eigenvalue weighted by Crippen LogP contribution is -2.26. The minimum Gasteiger partial charge on any atom is -0.477 e. The second kappa shape index (κ2) is 5.76. The highest BCUT2D eigenvalue weighted by Gasteiger charge is 2.15. The molecule has 7 heteroatoms. The van der Waals surface area contributed by atoms with E-state index in [1.165, 1.54) is 10.8 Å². The predicted molar refractivity (Wildman–Crippen MR) is 82.3 cm³/mol. The fraction of sp³-hybridized carbons (Fsp3) is 0.200. The molecule has 1 aromatic carbocycles. The van der Waals surface area contributed by atoms with E-state index in [1.54, 1.807) is 37.3 Å². The number of hydrogen-bond acceptors (Lipinski definition) is 4. The Morgan fingerprint density at radius 2 is 1.77 bits per heavy atom. The average molecular weight is 321 g/mol. The van der Waals surface area contributed by atoms with Crippen LogP contribution in [0.5, 0.6) is 0 Å². The van der Waals surface area contributed by atoms with Gasteiger partial charge in [-0.15, -0.1) is 0 Å². The number of sulfone groups is 1. The van der Waals surface area contributed by atoms with E-state index in [4.69, 9.17) is 5.11 Å². The van der Waals surface area contributed by atoms with Crippen LogP contribution in [0.3, 0.4) is 0 Å². The molecule has 0 radical (unpaired) electrons. The lowest BCUT2D eigenvalue weighted by Gasteiger charge is -2.09. The van der Waals surface area contributed by atoms with Gasteiger partial charge in [-0.1, -0.05) is 12.1 Å². The van der Waals surface area contributed by atoms with Crippen LogP contribution in [0.15, 0.2) is 41.3 Å². The number of carbonyl (C=O) groups is 1. The standard InChI is InChI=1S/C15H15NO5S/c1-10-7-8-16(14(17)13(10)15(18)19)12-5-3-11(4-6-12)9-22(2,20)21/h3-8H,9H2,1-2H3,(H,18,19). The Kier molecular flexibility index (Phi) is 4.18. The fourth-order valence-corrected chi connectivity index (χ4v) is 2.94. The van der Waals surface area contributed by atoms with Crippen LogP contribution in [-0.4, -0.2) is 30.3 Å². The molecular formula is C15H15NO5S. The van der Waals surface area contributed by atoms with Crippen molar-refractivity contribution in [2.24, 2.45) is 0 Å². The molecule has 0 fully saturated rings. The predicted octanol–water partition coefficient (Wildman–Crippen LogP) is 1.39. The van der Waals surface area contributed by atoms with E-state index in [0.29, 0.717) is 16.8 Å². The lowest BCUT2D eigenvalue weighted by molar-refractivity contribution is 0.0693. The molecule has 1 N–H and O–H groups in total. The van der Waals surface area contributed by atoms with Gasteiger partial charge in [0.2, 0.25) is 0 Å². The first-order valence-electron chi connectivity index (χ1n) is 6.41. The highest BCUT2D eigenvalue weighted by atomic mass is 32.2. The van der Waals surface area contributed by atoms with Crippen LogP contribution in [0.25, 0.3) is 5.69 Å². The van der Waals surface area contributed by atoms with Gasteiger partial charge in [0.1, 0.15) is 5.56 Å². The van der Waals surface area contributed by atoms with Crippen LogP contribution in [-0.2, 0) is 15.6 Å². The van der Waals surface area contributed by atoms with Crippen molar-refractivity contribution in [2.75, 3.05) is 6.26 Å². The van der Waals surface area contributed by atoms with Gasteiger partial charge in [-0.2, -0.15) is 0 Å². The van der Waals surface area contributed by atoms with E-state index >= 15 is 0 Å². The third-order valence-electron chi connectivity index (χ3n) is 3.16. The van der Waals surface area contributed by atoms with Crippen LogP contribution in [0, 0.1) is 6.92 Å². The van der Waals surface area contributed by atoms with Gasteiger partial charge in [0.15, 0.2) is 9.84 Å². The van der Waals surface area contributed by atoms with Crippen molar-refractivity contribution in [1.82, 2.24) is 4.57 Å². The number of nitrogens with zero attached hydrogens (tertiary/aromatic N) is 1. The summed E-state index contributed by atoms with van der Waals surface area (Å²) in [6.45, 7) is 1.56. The summed E-state index contributed by atoms with van der Waals surface area (Å²) in [7, 11) is -3.13. The van der Waals surface area contributed by atoms with Crippen molar-refractivity contribution in [2.45, 2.75) is 12.7 Å². The highest BCUT2D eigenvalue weighted by Crippen LogP contribution is 2.12. The molecule has 0 aliphatic rings. The molecule has 6 nitrogen and oxygen atoms in total. The molecule has 1 aromatic heterocycles. The molecule has 1 heterocycles. The molecule has 0 aliphatic heterocycles. The number of carboxylic acids is 1. The smallest absolute Gasteiger partial charge is 0.341 e. The van der Waals surface area contributed by atoms with Gasteiger partial charge in [0, 0.05) is 18.1 Å². The maximum Gasteiger partial charge on any atom is 0.341 e. The van der Waals surface area contributed by atoms with E-state index < -0.39 is 21.4 Å². The Hall–Kier alpha value is -2.41. The summed E-state index contributed by atoms with van der Waals surface area (Å²) in [5.74, 6) is -1.36. The Bertz CT molecular complexity index is 879. The molecule has 0 spiro atoms. The lowest BCUT2D eigenvalue weighted by atomic mass is 10.1. The summed E-state index contributed by atoms with van der Waals surface area (Å²) < 4.78 is 23.7. The second-order valence-electron chi connectivity index (χ2n) is 5.09. The second-order valence-corrected chi connectivity index (χ2v) is 7.23. The molecule has 0 saturated heterocycles. The number of benzene rings is 1. The van der Waals surface area contributed by atoms with Crippen molar-refractivity contribution in [1.29, 1.82) is 0 Å². The third-order valence-corrected chi connectivity index (χ3v) is 4.02. The highest BCUT2D eigenvalue weighted by molar-refractivity contribution is 7.89. The van der Waals surface area contributed by atoms with Crippen LogP contribution in [0.2, 0.25) is 0 Å². The molecule has 22 heavy (non-hydrogen) atoms. The number of aromatic nitrogens is 1. The first-order valence-corrected chi connectivity index (χ1v) is 8.47. The van der Waals surface area contributed by atoms with Crippen LogP contribution >= 0.6 is 0 Å². The summed E-state index contributed by atoms with van der Waals surface area (Å²) in [6.07, 6.45) is 2.64. The van der Waals surface area contributed by atoms with Gasteiger partial charge < -0.3 is 5.11 Å². The Balaban J connectivity index is 2.48. The summed E-state index contributed by atoms with van der Waals surface area (Å²) in [5, 5.41) is 9.11. The molecule has 0 aliphatic carbocycles. The number of carboxylic acid groups (broad SMARTS) is 1. The molecule has 116 valence electrons. The Morgan fingerprint density at radius 1 is 1.18 bits per heavy atom. The Labute approximate surface area is 127 Å². The molecule has 0 amide bonds. The first kappa shape index (κ1) is 16.0. The van der Waals surface area contributed by atoms with Crippen LogP contribution < -0.4 is 5.56 Å². The Morgan fingerprint density at radius 3 is 2.27 bits per heavy atom. The van der Waals surface area contributed by atoms with E-state index in [1.807, 2.05) is 0 Å². The van der Waals surface area contributed by atoms with Crippen LogP contribution in [0.4, 0.5) is 0 Å². The minimum atomic E-state index is -3.13. The van der Waals surface area contributed by atoms with E-state index in [9.17, 15) is 18.0 Å². The van der Waals surface area contributed by atoms with Gasteiger partial charge in [-0.25, -0.2) is 13.2 Å². The van der Waals surface area contributed by atoms with Gasteiger partial charge in [-0.05, 0) is 36.2 Å². The van der Waals surface area contributed by atoms with E-state index in [2.05, 4.69) is 0 Å². The first-order chi connectivity index (χ1) is 10.2. The van der Waals surface area contributed by atoms with Crippen molar-refractivity contribution in [3.63, 3.8) is 0 Å². The van der Waals surface area contributed by atoms with Gasteiger partial charge in [0.05, 0.1) is 5.75 Å². The number of hydrogen-bond donors (Lipinski definition) is 1. The average Bonchev–Trinajstić information content (AvgIpc) is 2.38. The van der Waals surface area contributed by atoms with E-state index in [-0.39, 0.29) is 11.3 Å². The molecule has 0 atom stereocenters. The summed E-state index contributed by atoms with van der Waals surface area (Å²) in [4.78, 5) is 23.4. The number of rotatable bonds is 4. The van der Waals surface area contributed by atoms with Crippen molar-refractivity contribution in [3.8, 4) is 5.69 Å². The number of pyridine rings is 1. The zero-order valence-corrected chi connectivity index (χ0v) is 12.9. The summed E-state index contributed by atoms with van der Waals surface area (Å²) >= 11 is 0. The SMILES string of the molecule is Cc1ccn(-c2ccc(CS(C)(=O)=O)cc2)c(=O)c1C(=O)O. The largest absolute Gasteiger partial charge is 0.477 e. The summed E-state index contributed by atoms with van der Waals surface area (Å²) in [6, 6.07) is 7.92. The quantitative estimate of drug-likeness (QED) is 0.918. The molecule has 0 bridgehead atoms. The monoisotopic (exact) mass is 321 g/mol. The third kappa shape index (κ3) is 3.43. The van der Waals surface area contributed by atoms with Crippen molar-refractivity contribution in [3.05, 3.63) is 63.6 Å². The summed E-state index contributed by atoms with van der Waals surface area (Å²) in [5.41, 5.74) is 0.572. The topological polar surface area (TPSA) is 93.4 Å². The minimum absolute atomic E-state index is 0.0869. The maximum atomic E-state index is 12.2. The van der Waals surface area contributed by atoms with E-state index in [0.717, 1.165) is 6.26 Å². The van der Waals surface area contributed by atoms with Gasteiger partial charge in [0.25, 0.3) is 5.56 Å². The maximum absolute atomic E-state index is 12.2. The molecular weight excluding hydrogens is 306 g/mol. The zero-order valence-electron chi connectivity index (χ0n) is 12.1.